The molecule has 4 aromatic rings. The maximum absolute atomic E-state index is 14.0. The molecule has 8 nitrogen and oxygen atoms in total. The number of carbonyl (C=O) groups is 1. The van der Waals surface area contributed by atoms with Gasteiger partial charge in [0.15, 0.2) is 16.7 Å². The average molecular weight is 586 g/mol. The molecule has 0 fully saturated rings. The number of thiophene rings is 1. The van der Waals surface area contributed by atoms with Gasteiger partial charge < -0.3 is 19.5 Å². The second-order valence-electron chi connectivity index (χ2n) is 9.07. The number of nitrogens with zero attached hydrogens (tertiary/aromatic N) is 2. The predicted molar refractivity (Wildman–Crippen MR) is 157 cm³/mol. The number of hydrogen-bond donors (Lipinski definition) is 1. The Morgan fingerprint density at radius 2 is 1.74 bits per heavy atom. The number of amides is 1. The molecule has 0 aliphatic heterocycles. The van der Waals surface area contributed by atoms with Crippen molar-refractivity contribution < 1.29 is 19.0 Å². The van der Waals surface area contributed by atoms with Gasteiger partial charge in [-0.05, 0) is 62.4 Å². The number of hydrogen-bond acceptors (Lipinski definition) is 8. The highest BCUT2D eigenvalue weighted by atomic mass is 35.5. The van der Waals surface area contributed by atoms with Crippen molar-refractivity contribution in [2.75, 3.05) is 26.6 Å². The number of benzene rings is 2. The fourth-order valence-electron chi connectivity index (χ4n) is 4.69. The van der Waals surface area contributed by atoms with Gasteiger partial charge in [-0.1, -0.05) is 23.4 Å². The van der Waals surface area contributed by atoms with Gasteiger partial charge in [0.2, 0.25) is 11.7 Å². The summed E-state index contributed by atoms with van der Waals surface area (Å²) in [4.78, 5) is 34.1. The van der Waals surface area contributed by atoms with E-state index in [-0.39, 0.29) is 11.5 Å². The fourth-order valence-corrected chi connectivity index (χ4v) is 7.05. The van der Waals surface area contributed by atoms with Crippen molar-refractivity contribution in [2.45, 2.75) is 43.0 Å². The van der Waals surface area contributed by atoms with Crippen LogP contribution in [-0.4, -0.2) is 42.0 Å². The molecule has 2 aromatic heterocycles. The van der Waals surface area contributed by atoms with Crippen LogP contribution in [-0.2, 0) is 17.6 Å². The summed E-state index contributed by atoms with van der Waals surface area (Å²) in [7, 11) is 4.55. The summed E-state index contributed by atoms with van der Waals surface area (Å²) in [5.74, 6) is 1.02. The molecule has 0 bridgehead atoms. The first-order chi connectivity index (χ1) is 18.8. The molecular formula is C28H28ClN3O5S2. The SMILES string of the molecule is COc1cc(NC(=O)C(C)Sc2nc3sc4c(c3c(=O)n2-c2ccc(Cl)cc2)CCCC4)cc(OC)c1OC. The Morgan fingerprint density at radius 1 is 1.08 bits per heavy atom. The third kappa shape index (κ3) is 5.33. The molecule has 0 saturated heterocycles. The van der Waals surface area contributed by atoms with E-state index in [4.69, 9.17) is 30.8 Å². The molecular weight excluding hydrogens is 558 g/mol. The first-order valence-electron chi connectivity index (χ1n) is 12.4. The van der Waals surface area contributed by atoms with E-state index in [1.165, 1.54) is 38.0 Å². The van der Waals surface area contributed by atoms with E-state index >= 15 is 0 Å². The standard InChI is InChI=1S/C28H28ClN3O5S2/c1-15(25(33)30-17-13-20(35-2)24(37-4)21(14-17)36-3)38-28-31-26-23(19-7-5-6-8-22(19)39-26)27(34)32(28)18-11-9-16(29)10-12-18/h9-15H,5-8H2,1-4H3,(H,30,33). The number of fused-ring (bicyclic) bond motifs is 3. The lowest BCUT2D eigenvalue weighted by Gasteiger charge is -2.18. The first kappa shape index (κ1) is 27.4. The van der Waals surface area contributed by atoms with Gasteiger partial charge in [-0.2, -0.15) is 0 Å². The number of nitrogens with one attached hydrogen (secondary N) is 1. The summed E-state index contributed by atoms with van der Waals surface area (Å²) in [6.45, 7) is 1.78. The lowest BCUT2D eigenvalue weighted by atomic mass is 9.97. The van der Waals surface area contributed by atoms with Gasteiger partial charge >= 0.3 is 0 Å². The summed E-state index contributed by atoms with van der Waals surface area (Å²) in [6, 6.07) is 10.4. The van der Waals surface area contributed by atoms with Crippen LogP contribution in [0.4, 0.5) is 5.69 Å². The highest BCUT2D eigenvalue weighted by Gasteiger charge is 2.25. The predicted octanol–water partition coefficient (Wildman–Crippen LogP) is 6.12. The number of carbonyl (C=O) groups excluding carboxylic acids is 1. The smallest absolute Gasteiger partial charge is 0.267 e. The molecule has 0 spiro atoms. The lowest BCUT2D eigenvalue weighted by Crippen LogP contribution is -2.26. The van der Waals surface area contributed by atoms with Gasteiger partial charge in [0.1, 0.15) is 4.83 Å². The largest absolute Gasteiger partial charge is 0.493 e. The van der Waals surface area contributed by atoms with Crippen LogP contribution in [0.1, 0.15) is 30.2 Å². The topological polar surface area (TPSA) is 91.7 Å². The molecule has 0 radical (unpaired) electrons. The van der Waals surface area contributed by atoms with Gasteiger partial charge in [0, 0.05) is 27.7 Å². The number of aryl methyl sites for hydroxylation is 2. The number of thioether (sulfide) groups is 1. The Hall–Kier alpha value is -3.21. The minimum atomic E-state index is -0.582. The number of halogens is 1. The Labute approximate surface area is 239 Å². The van der Waals surface area contributed by atoms with Gasteiger partial charge in [0.25, 0.3) is 5.56 Å². The van der Waals surface area contributed by atoms with Crippen LogP contribution in [0, 0.1) is 0 Å². The molecule has 2 heterocycles. The van der Waals surface area contributed by atoms with Crippen molar-refractivity contribution >= 4 is 56.5 Å². The molecule has 1 atom stereocenters. The van der Waals surface area contributed by atoms with Crippen LogP contribution < -0.4 is 25.1 Å². The van der Waals surface area contributed by atoms with E-state index in [2.05, 4.69) is 5.32 Å². The minimum Gasteiger partial charge on any atom is -0.493 e. The van der Waals surface area contributed by atoms with E-state index in [0.717, 1.165) is 36.1 Å². The Balaban J connectivity index is 1.51. The lowest BCUT2D eigenvalue weighted by molar-refractivity contribution is -0.115. The summed E-state index contributed by atoms with van der Waals surface area (Å²) >= 11 is 8.94. The third-order valence-corrected chi connectivity index (χ3v) is 9.12. The molecule has 1 amide bonds. The summed E-state index contributed by atoms with van der Waals surface area (Å²) in [6.07, 6.45) is 4.03. The van der Waals surface area contributed by atoms with Gasteiger partial charge in [-0.15, -0.1) is 11.3 Å². The van der Waals surface area contributed by atoms with E-state index in [1.807, 2.05) is 0 Å². The van der Waals surface area contributed by atoms with Crippen LogP contribution in [0.3, 0.4) is 0 Å². The van der Waals surface area contributed by atoms with E-state index < -0.39 is 5.25 Å². The summed E-state index contributed by atoms with van der Waals surface area (Å²) in [5.41, 5.74) is 2.13. The number of rotatable bonds is 8. The Kier molecular flexibility index (Phi) is 8.06. The first-order valence-corrected chi connectivity index (χ1v) is 14.5. The second-order valence-corrected chi connectivity index (χ2v) is 11.9. The summed E-state index contributed by atoms with van der Waals surface area (Å²) < 4.78 is 17.8. The van der Waals surface area contributed by atoms with Crippen LogP contribution in [0.5, 0.6) is 17.2 Å². The Bertz CT molecular complexity index is 1570. The summed E-state index contributed by atoms with van der Waals surface area (Å²) in [5, 5.41) is 4.03. The maximum atomic E-state index is 14.0. The number of ether oxygens (including phenoxy) is 3. The molecule has 1 unspecified atom stereocenters. The molecule has 204 valence electrons. The number of aromatic nitrogens is 2. The van der Waals surface area contributed by atoms with Gasteiger partial charge in [0.05, 0.1) is 37.7 Å². The van der Waals surface area contributed by atoms with Crippen molar-refractivity contribution in [3.8, 4) is 22.9 Å². The average Bonchev–Trinajstić information content (AvgIpc) is 3.31. The van der Waals surface area contributed by atoms with E-state index in [1.54, 1.807) is 59.2 Å². The van der Waals surface area contributed by atoms with Crippen LogP contribution >= 0.6 is 34.7 Å². The highest BCUT2D eigenvalue weighted by Crippen LogP contribution is 2.40. The van der Waals surface area contributed by atoms with E-state index in [0.29, 0.717) is 44.2 Å². The maximum Gasteiger partial charge on any atom is 0.267 e. The number of anilines is 1. The molecule has 1 aliphatic carbocycles. The van der Waals surface area contributed by atoms with Crippen molar-refractivity contribution in [2.24, 2.45) is 0 Å². The van der Waals surface area contributed by atoms with Crippen LogP contribution in [0.15, 0.2) is 46.3 Å². The molecule has 0 saturated carbocycles. The molecule has 2 aromatic carbocycles. The zero-order valence-corrected chi connectivity index (χ0v) is 24.4. The molecule has 5 rings (SSSR count). The normalized spacial score (nSPS) is 13.6. The van der Waals surface area contributed by atoms with Crippen LogP contribution in [0.25, 0.3) is 15.9 Å². The van der Waals surface area contributed by atoms with Crippen LogP contribution in [0.2, 0.25) is 5.02 Å². The fraction of sp³-hybridized carbons (Fsp3) is 0.321. The van der Waals surface area contributed by atoms with Crippen molar-refractivity contribution in [1.29, 1.82) is 0 Å². The zero-order chi connectivity index (χ0) is 27.7. The monoisotopic (exact) mass is 585 g/mol. The molecule has 1 N–H and O–H groups in total. The second kappa shape index (κ2) is 11.5. The van der Waals surface area contributed by atoms with Gasteiger partial charge in [-0.3, -0.25) is 14.2 Å². The zero-order valence-electron chi connectivity index (χ0n) is 22.0. The number of methoxy groups -OCH3 is 3. The molecule has 39 heavy (non-hydrogen) atoms. The van der Waals surface area contributed by atoms with Crippen molar-refractivity contribution in [3.05, 3.63) is 62.2 Å². The Morgan fingerprint density at radius 3 is 2.38 bits per heavy atom. The highest BCUT2D eigenvalue weighted by molar-refractivity contribution is 8.00. The van der Waals surface area contributed by atoms with Crippen molar-refractivity contribution in [1.82, 2.24) is 9.55 Å². The third-order valence-electron chi connectivity index (χ3n) is 6.63. The minimum absolute atomic E-state index is 0.124. The molecule has 1 aliphatic rings. The van der Waals surface area contributed by atoms with Crippen molar-refractivity contribution in [3.63, 3.8) is 0 Å². The van der Waals surface area contributed by atoms with E-state index in [9.17, 15) is 9.59 Å². The molecule has 11 heteroatoms. The van der Waals surface area contributed by atoms with Gasteiger partial charge in [-0.25, -0.2) is 4.98 Å². The quantitative estimate of drug-likeness (QED) is 0.197.